The summed E-state index contributed by atoms with van der Waals surface area (Å²) in [6.45, 7) is 1.85. The second-order valence-electron chi connectivity index (χ2n) is 2.97. The highest BCUT2D eigenvalue weighted by molar-refractivity contribution is 7.86. The van der Waals surface area contributed by atoms with Gasteiger partial charge in [0.1, 0.15) is 5.65 Å². The minimum Gasteiger partial charge on any atom is -0.288 e. The van der Waals surface area contributed by atoms with E-state index in [1.54, 1.807) is 12.1 Å². The number of aryl methyl sites for hydroxylation is 1. The Morgan fingerprint density at radius 3 is 2.86 bits per heavy atom. The molecular formula is C8H7FN2O2S. The summed E-state index contributed by atoms with van der Waals surface area (Å²) in [5.74, 6) is 0. The Hall–Kier alpha value is -1.43. The van der Waals surface area contributed by atoms with Crippen LogP contribution in [-0.4, -0.2) is 17.8 Å². The molecule has 0 aliphatic carbocycles. The lowest BCUT2D eigenvalue weighted by Gasteiger charge is -1.97. The first-order chi connectivity index (χ1) is 6.48. The smallest absolute Gasteiger partial charge is 0.288 e. The second-order valence-corrected chi connectivity index (χ2v) is 4.26. The fraction of sp³-hybridized carbons (Fsp3) is 0.125. The Morgan fingerprint density at radius 1 is 1.50 bits per heavy atom. The van der Waals surface area contributed by atoms with Crippen molar-refractivity contribution < 1.29 is 12.3 Å². The first kappa shape index (κ1) is 9.14. The summed E-state index contributed by atoms with van der Waals surface area (Å²) in [6, 6.07) is 3.36. The molecule has 2 aromatic heterocycles. The Morgan fingerprint density at radius 2 is 2.21 bits per heavy atom. The van der Waals surface area contributed by atoms with Gasteiger partial charge in [-0.15, -0.1) is 0 Å². The van der Waals surface area contributed by atoms with Crippen LogP contribution in [0.25, 0.3) is 5.65 Å². The van der Waals surface area contributed by atoms with Crippen molar-refractivity contribution in [3.8, 4) is 0 Å². The molecule has 0 N–H and O–H groups in total. The average Bonchev–Trinajstić information content (AvgIpc) is 2.45. The lowest BCUT2D eigenvalue weighted by atomic mass is 10.3. The van der Waals surface area contributed by atoms with Gasteiger partial charge in [-0.3, -0.25) is 4.40 Å². The van der Waals surface area contributed by atoms with Crippen molar-refractivity contribution >= 4 is 15.9 Å². The highest BCUT2D eigenvalue weighted by Gasteiger charge is 2.17. The van der Waals surface area contributed by atoms with Crippen molar-refractivity contribution in [2.75, 3.05) is 0 Å². The molecule has 0 aromatic carbocycles. The molecule has 14 heavy (non-hydrogen) atoms. The maximum Gasteiger partial charge on any atom is 0.349 e. The lowest BCUT2D eigenvalue weighted by Crippen LogP contribution is -1.97. The van der Waals surface area contributed by atoms with E-state index in [2.05, 4.69) is 4.98 Å². The van der Waals surface area contributed by atoms with Crippen LogP contribution in [-0.2, 0) is 10.2 Å². The van der Waals surface area contributed by atoms with Crippen LogP contribution in [0.4, 0.5) is 3.89 Å². The van der Waals surface area contributed by atoms with Crippen molar-refractivity contribution in [1.29, 1.82) is 0 Å². The molecule has 0 unspecified atom stereocenters. The molecule has 0 aliphatic heterocycles. The molecule has 0 amide bonds. The average molecular weight is 214 g/mol. The summed E-state index contributed by atoms with van der Waals surface area (Å²) in [6.07, 6.45) is 2.48. The van der Waals surface area contributed by atoms with Gasteiger partial charge in [0, 0.05) is 6.20 Å². The zero-order chi connectivity index (χ0) is 10.3. The van der Waals surface area contributed by atoms with Crippen molar-refractivity contribution in [3.63, 3.8) is 0 Å². The number of halogens is 1. The maximum atomic E-state index is 12.7. The first-order valence-corrected chi connectivity index (χ1v) is 5.25. The van der Waals surface area contributed by atoms with Crippen LogP contribution in [0.15, 0.2) is 29.6 Å². The van der Waals surface area contributed by atoms with E-state index in [0.717, 1.165) is 11.8 Å². The number of aromatic nitrogens is 2. The van der Waals surface area contributed by atoms with Gasteiger partial charge in [-0.2, -0.15) is 8.42 Å². The molecule has 2 heterocycles. The first-order valence-electron chi connectivity index (χ1n) is 3.87. The predicted octanol–water partition coefficient (Wildman–Crippen LogP) is 1.30. The van der Waals surface area contributed by atoms with E-state index in [1.807, 2.05) is 6.92 Å². The van der Waals surface area contributed by atoms with Crippen molar-refractivity contribution in [3.05, 3.63) is 30.1 Å². The quantitative estimate of drug-likeness (QED) is 0.672. The molecule has 0 atom stereocenters. The molecule has 0 fully saturated rings. The molecule has 0 radical (unpaired) electrons. The van der Waals surface area contributed by atoms with Crippen LogP contribution < -0.4 is 0 Å². The highest BCUT2D eigenvalue weighted by Crippen LogP contribution is 2.15. The number of hydrogen-bond donors (Lipinski definition) is 0. The van der Waals surface area contributed by atoms with Gasteiger partial charge >= 0.3 is 10.2 Å². The van der Waals surface area contributed by atoms with Crippen LogP contribution in [0.2, 0.25) is 0 Å². The van der Waals surface area contributed by atoms with E-state index < -0.39 is 15.2 Å². The van der Waals surface area contributed by atoms with Gasteiger partial charge in [-0.1, -0.05) is 3.89 Å². The van der Waals surface area contributed by atoms with E-state index in [4.69, 9.17) is 0 Å². The van der Waals surface area contributed by atoms with Crippen molar-refractivity contribution in [1.82, 2.24) is 9.38 Å². The van der Waals surface area contributed by atoms with Gasteiger partial charge in [-0.25, -0.2) is 4.98 Å². The number of imidazole rings is 1. The van der Waals surface area contributed by atoms with Gasteiger partial charge in [-0.05, 0) is 24.6 Å². The predicted molar refractivity (Wildman–Crippen MR) is 48.2 cm³/mol. The molecule has 74 valence electrons. The molecule has 0 aliphatic rings. The van der Waals surface area contributed by atoms with Gasteiger partial charge in [0.25, 0.3) is 0 Å². The van der Waals surface area contributed by atoms with Gasteiger partial charge in [0.15, 0.2) is 5.03 Å². The molecule has 0 spiro atoms. The van der Waals surface area contributed by atoms with Crippen LogP contribution in [0.3, 0.4) is 0 Å². The van der Waals surface area contributed by atoms with E-state index >= 15 is 0 Å². The largest absolute Gasteiger partial charge is 0.349 e. The zero-order valence-electron chi connectivity index (χ0n) is 7.31. The van der Waals surface area contributed by atoms with E-state index in [9.17, 15) is 12.3 Å². The van der Waals surface area contributed by atoms with Crippen LogP contribution in [0.5, 0.6) is 0 Å². The normalized spacial score (nSPS) is 12.1. The standard InChI is InChI=1S/C8H7FN2O2S/c1-6-2-3-11-7(4-6)10-5-8(11)14(9,12)13/h2-5H,1H3. The Kier molecular flexibility index (Phi) is 1.81. The minimum absolute atomic E-state index is 0.418. The fourth-order valence-corrected chi connectivity index (χ4v) is 1.81. The molecule has 0 saturated carbocycles. The molecule has 6 heteroatoms. The van der Waals surface area contributed by atoms with Crippen LogP contribution in [0, 0.1) is 6.92 Å². The maximum absolute atomic E-state index is 12.7. The Bertz CT molecular complexity index is 588. The summed E-state index contributed by atoms with van der Waals surface area (Å²) in [4.78, 5) is 3.79. The van der Waals surface area contributed by atoms with E-state index in [-0.39, 0.29) is 0 Å². The second kappa shape index (κ2) is 2.78. The molecular weight excluding hydrogens is 207 g/mol. The number of rotatable bonds is 1. The third-order valence-corrected chi connectivity index (χ3v) is 2.69. The number of fused-ring (bicyclic) bond motifs is 1. The van der Waals surface area contributed by atoms with Crippen LogP contribution >= 0.6 is 0 Å². The van der Waals surface area contributed by atoms with Crippen LogP contribution in [0.1, 0.15) is 5.56 Å². The minimum atomic E-state index is -4.70. The summed E-state index contributed by atoms with van der Waals surface area (Å²) in [5, 5.41) is -0.437. The Labute approximate surface area is 80.2 Å². The molecule has 2 aromatic rings. The summed E-state index contributed by atoms with van der Waals surface area (Å²) >= 11 is 0. The van der Waals surface area contributed by atoms with Gasteiger partial charge in [0.05, 0.1) is 6.20 Å². The number of hydrogen-bond acceptors (Lipinski definition) is 3. The van der Waals surface area contributed by atoms with Gasteiger partial charge < -0.3 is 0 Å². The SMILES string of the molecule is Cc1ccn2c(S(=O)(=O)F)cnc2c1. The number of nitrogens with zero attached hydrogens (tertiary/aromatic N) is 2. The third-order valence-electron chi connectivity index (χ3n) is 1.88. The molecule has 0 bridgehead atoms. The monoisotopic (exact) mass is 214 g/mol. The summed E-state index contributed by atoms with van der Waals surface area (Å²) in [7, 11) is -4.70. The summed E-state index contributed by atoms with van der Waals surface area (Å²) in [5.41, 5.74) is 1.35. The van der Waals surface area contributed by atoms with Crippen molar-refractivity contribution in [2.24, 2.45) is 0 Å². The lowest BCUT2D eigenvalue weighted by molar-refractivity contribution is 0.546. The fourth-order valence-electron chi connectivity index (χ4n) is 1.24. The zero-order valence-corrected chi connectivity index (χ0v) is 8.12. The third kappa shape index (κ3) is 1.37. The van der Waals surface area contributed by atoms with E-state index in [1.165, 1.54) is 10.6 Å². The topological polar surface area (TPSA) is 51.4 Å². The van der Waals surface area contributed by atoms with Gasteiger partial charge in [0.2, 0.25) is 0 Å². The van der Waals surface area contributed by atoms with Crippen molar-refractivity contribution in [2.45, 2.75) is 11.9 Å². The molecule has 2 rings (SSSR count). The molecule has 4 nitrogen and oxygen atoms in total. The highest BCUT2D eigenvalue weighted by atomic mass is 32.3. The van der Waals surface area contributed by atoms with E-state index in [0.29, 0.717) is 5.65 Å². The Balaban J connectivity index is 2.83. The number of pyridine rings is 1. The summed E-state index contributed by atoms with van der Waals surface area (Å²) < 4.78 is 35.2. The molecule has 0 saturated heterocycles.